The van der Waals surface area contributed by atoms with Crippen molar-refractivity contribution in [2.45, 2.75) is 25.1 Å². The maximum atomic E-state index is 13.4. The van der Waals surface area contributed by atoms with Gasteiger partial charge >= 0.3 is 5.97 Å². The fourth-order valence-electron chi connectivity index (χ4n) is 3.39. The van der Waals surface area contributed by atoms with Crippen molar-refractivity contribution in [3.05, 3.63) is 65.2 Å². The number of halogens is 2. The molecule has 0 spiro atoms. The average molecular weight is 372 g/mol. The monoisotopic (exact) mass is 372 g/mol. The van der Waals surface area contributed by atoms with Crippen molar-refractivity contribution < 1.29 is 27.9 Å². The molecule has 0 aliphatic carbocycles. The van der Waals surface area contributed by atoms with Crippen LogP contribution < -0.4 is 5.32 Å². The molecule has 1 fully saturated rings. The molecule has 2 aromatic carbocycles. The number of likely N-dealkylation sites (tertiary alicyclic amines) is 1. The van der Waals surface area contributed by atoms with E-state index in [1.54, 1.807) is 24.3 Å². The summed E-state index contributed by atoms with van der Waals surface area (Å²) in [5.41, 5.74) is 0.937. The molecule has 138 valence electrons. The zero-order chi connectivity index (χ0) is 19.1. The summed E-state index contributed by atoms with van der Waals surface area (Å²) >= 11 is 0. The minimum absolute atomic E-state index is 0.0713. The van der Waals surface area contributed by atoms with Gasteiger partial charge in [0.15, 0.2) is 11.6 Å². The quantitative estimate of drug-likeness (QED) is 0.841. The van der Waals surface area contributed by atoms with E-state index in [1.807, 2.05) is 0 Å². The predicted octanol–water partition coefficient (Wildman–Crippen LogP) is 2.76. The van der Waals surface area contributed by atoms with Gasteiger partial charge < -0.3 is 10.1 Å². The van der Waals surface area contributed by atoms with Gasteiger partial charge in [-0.2, -0.15) is 0 Å². The highest BCUT2D eigenvalue weighted by Gasteiger charge is 2.46. The van der Waals surface area contributed by atoms with E-state index in [2.05, 4.69) is 5.32 Å². The van der Waals surface area contributed by atoms with Crippen LogP contribution in [0, 0.1) is 11.6 Å². The molecule has 27 heavy (non-hydrogen) atoms. The fourth-order valence-corrected chi connectivity index (χ4v) is 3.39. The van der Waals surface area contributed by atoms with E-state index in [1.165, 1.54) is 11.0 Å². The van der Waals surface area contributed by atoms with Gasteiger partial charge in [-0.25, -0.2) is 13.6 Å². The lowest BCUT2D eigenvalue weighted by atomic mass is 10.1. The largest absolute Gasteiger partial charge is 0.433 e. The van der Waals surface area contributed by atoms with Crippen LogP contribution in [0.5, 0.6) is 0 Å². The second kappa shape index (κ2) is 6.46. The Hall–Kier alpha value is -3.29. The van der Waals surface area contributed by atoms with Crippen LogP contribution in [0.3, 0.4) is 0 Å². The highest BCUT2D eigenvalue weighted by molar-refractivity contribution is 6.00. The highest BCUT2D eigenvalue weighted by Crippen LogP contribution is 2.38. The Morgan fingerprint density at radius 3 is 2.67 bits per heavy atom. The number of carbonyl (C=O) groups is 3. The first-order valence-electron chi connectivity index (χ1n) is 8.32. The maximum absolute atomic E-state index is 13.4. The summed E-state index contributed by atoms with van der Waals surface area (Å²) < 4.78 is 31.7. The number of hydrogen-bond donors (Lipinski definition) is 1. The van der Waals surface area contributed by atoms with Crippen LogP contribution in [-0.2, 0) is 14.3 Å². The number of ether oxygens (including phenoxy) is 1. The third-order valence-corrected chi connectivity index (χ3v) is 4.66. The van der Waals surface area contributed by atoms with Gasteiger partial charge in [-0.05, 0) is 24.6 Å². The van der Waals surface area contributed by atoms with Gasteiger partial charge in [0.05, 0.1) is 5.56 Å². The molecule has 2 aliphatic rings. The van der Waals surface area contributed by atoms with Crippen molar-refractivity contribution in [2.75, 3.05) is 5.32 Å². The molecule has 2 heterocycles. The van der Waals surface area contributed by atoms with Gasteiger partial charge in [-0.1, -0.05) is 18.2 Å². The number of rotatable bonds is 3. The molecule has 0 saturated carbocycles. The Balaban J connectivity index is 1.59. The van der Waals surface area contributed by atoms with Gasteiger partial charge in [0.2, 0.25) is 18.0 Å². The fraction of sp³-hybridized carbons (Fsp3) is 0.211. The molecule has 4 rings (SSSR count). The normalized spacial score (nSPS) is 21.2. The number of hydrogen-bond acceptors (Lipinski definition) is 4. The van der Waals surface area contributed by atoms with Crippen LogP contribution in [0.4, 0.5) is 14.5 Å². The molecule has 2 amide bonds. The van der Waals surface area contributed by atoms with Gasteiger partial charge in [0, 0.05) is 23.7 Å². The first kappa shape index (κ1) is 17.1. The summed E-state index contributed by atoms with van der Waals surface area (Å²) in [6.45, 7) is 0. The molecule has 0 aromatic heterocycles. The van der Waals surface area contributed by atoms with Crippen molar-refractivity contribution in [3.63, 3.8) is 0 Å². The van der Waals surface area contributed by atoms with Crippen LogP contribution in [0.15, 0.2) is 42.5 Å². The van der Waals surface area contributed by atoms with E-state index in [4.69, 9.17) is 4.74 Å². The number of esters is 1. The lowest BCUT2D eigenvalue weighted by Gasteiger charge is -2.29. The molecule has 0 bridgehead atoms. The molecule has 2 atom stereocenters. The minimum atomic E-state index is -1.09. The lowest BCUT2D eigenvalue weighted by Crippen LogP contribution is -2.43. The summed E-state index contributed by atoms with van der Waals surface area (Å²) in [6.07, 6.45) is -0.638. The molecule has 0 unspecified atom stereocenters. The maximum Gasteiger partial charge on any atom is 0.340 e. The number of nitrogens with one attached hydrogen (secondary N) is 1. The number of fused-ring (bicyclic) bond motifs is 1. The predicted molar refractivity (Wildman–Crippen MR) is 89.5 cm³/mol. The van der Waals surface area contributed by atoms with Crippen LogP contribution >= 0.6 is 0 Å². The molecular weight excluding hydrogens is 358 g/mol. The SMILES string of the molecule is O=C1O[C@@H](N2C(=O)CC[C@H]2C(=O)Nc2ccc(F)c(F)c2)c2ccccc21. The van der Waals surface area contributed by atoms with Crippen LogP contribution in [-0.4, -0.2) is 28.7 Å². The van der Waals surface area contributed by atoms with E-state index < -0.39 is 35.8 Å². The topological polar surface area (TPSA) is 75.7 Å². The van der Waals surface area contributed by atoms with Crippen LogP contribution in [0.2, 0.25) is 0 Å². The summed E-state index contributed by atoms with van der Waals surface area (Å²) in [4.78, 5) is 38.3. The van der Waals surface area contributed by atoms with Gasteiger partial charge in [-0.15, -0.1) is 0 Å². The molecule has 1 N–H and O–H groups in total. The highest BCUT2D eigenvalue weighted by atomic mass is 19.2. The Bertz CT molecular complexity index is 962. The van der Waals surface area contributed by atoms with Crippen molar-refractivity contribution in [2.24, 2.45) is 0 Å². The lowest BCUT2D eigenvalue weighted by molar-refractivity contribution is -0.144. The van der Waals surface area contributed by atoms with Gasteiger partial charge in [0.1, 0.15) is 6.04 Å². The smallest absolute Gasteiger partial charge is 0.340 e. The standard InChI is InChI=1S/C19H14F2N2O4/c20-13-6-5-10(9-14(13)21)22-17(25)15-7-8-16(24)23(15)18-11-3-1-2-4-12(11)19(26)27-18/h1-6,9,15,18H,7-8H2,(H,22,25)/t15-,18+/m0/s1. The van der Waals surface area contributed by atoms with Crippen LogP contribution in [0.25, 0.3) is 0 Å². The molecule has 1 saturated heterocycles. The zero-order valence-corrected chi connectivity index (χ0v) is 13.9. The van der Waals surface area contributed by atoms with E-state index in [-0.39, 0.29) is 24.4 Å². The van der Waals surface area contributed by atoms with Crippen molar-refractivity contribution in [1.29, 1.82) is 0 Å². The zero-order valence-electron chi connectivity index (χ0n) is 13.9. The second-order valence-electron chi connectivity index (χ2n) is 6.32. The Kier molecular flexibility index (Phi) is 4.10. The first-order valence-corrected chi connectivity index (χ1v) is 8.32. The van der Waals surface area contributed by atoms with Gasteiger partial charge in [-0.3, -0.25) is 14.5 Å². The molecule has 0 radical (unpaired) electrons. The second-order valence-corrected chi connectivity index (χ2v) is 6.32. The number of carbonyl (C=O) groups excluding carboxylic acids is 3. The van der Waals surface area contributed by atoms with Crippen LogP contribution in [0.1, 0.15) is 35.0 Å². The van der Waals surface area contributed by atoms with Crippen molar-refractivity contribution >= 4 is 23.5 Å². The third kappa shape index (κ3) is 2.92. The molecule has 2 aromatic rings. The van der Waals surface area contributed by atoms with E-state index in [0.717, 1.165) is 12.1 Å². The summed E-state index contributed by atoms with van der Waals surface area (Å²) in [5.74, 6) is -3.57. The molecule has 2 aliphatic heterocycles. The average Bonchev–Trinajstić information content (AvgIpc) is 3.19. The number of nitrogens with zero attached hydrogens (tertiary/aromatic N) is 1. The number of amides is 2. The molecule has 6 nitrogen and oxygen atoms in total. The van der Waals surface area contributed by atoms with Crippen molar-refractivity contribution in [1.82, 2.24) is 4.90 Å². The number of benzene rings is 2. The van der Waals surface area contributed by atoms with E-state index in [9.17, 15) is 23.2 Å². The minimum Gasteiger partial charge on any atom is -0.433 e. The summed E-state index contributed by atoms with van der Waals surface area (Å²) in [6, 6.07) is 8.75. The van der Waals surface area contributed by atoms with Crippen molar-refractivity contribution in [3.8, 4) is 0 Å². The summed E-state index contributed by atoms with van der Waals surface area (Å²) in [7, 11) is 0. The van der Waals surface area contributed by atoms with Gasteiger partial charge in [0.25, 0.3) is 0 Å². The number of anilines is 1. The Morgan fingerprint density at radius 2 is 1.89 bits per heavy atom. The molecule has 8 heteroatoms. The Morgan fingerprint density at radius 1 is 1.11 bits per heavy atom. The number of cyclic esters (lactones) is 1. The molecular formula is C19H14F2N2O4. The first-order chi connectivity index (χ1) is 13.0. The third-order valence-electron chi connectivity index (χ3n) is 4.66. The van der Waals surface area contributed by atoms with E-state index >= 15 is 0 Å². The van der Waals surface area contributed by atoms with E-state index in [0.29, 0.717) is 11.1 Å². The Labute approximate surface area is 152 Å². The summed E-state index contributed by atoms with van der Waals surface area (Å²) in [5, 5.41) is 2.48.